The van der Waals surface area contributed by atoms with Gasteiger partial charge in [-0.3, -0.25) is 4.79 Å². The monoisotopic (exact) mass is 394 g/mol. The van der Waals surface area contributed by atoms with Crippen LogP contribution < -0.4 is 14.8 Å². The Kier molecular flexibility index (Phi) is 6.06. The Labute approximate surface area is 163 Å². The average molecular weight is 395 g/mol. The molecule has 140 valence electrons. The first-order chi connectivity index (χ1) is 12.3. The Bertz CT molecular complexity index is 780. The van der Waals surface area contributed by atoms with Crippen LogP contribution in [0.15, 0.2) is 30.3 Å². The second kappa shape index (κ2) is 8.29. The molecule has 1 unspecified atom stereocenters. The van der Waals surface area contributed by atoms with Gasteiger partial charge in [-0.15, -0.1) is 23.7 Å². The highest BCUT2D eigenvalue weighted by Gasteiger charge is 2.29. The van der Waals surface area contributed by atoms with Crippen LogP contribution in [0.3, 0.4) is 0 Å². The maximum atomic E-state index is 12.9. The lowest BCUT2D eigenvalue weighted by molar-refractivity contribution is 0.0742. The van der Waals surface area contributed by atoms with E-state index in [2.05, 4.69) is 5.32 Å². The van der Waals surface area contributed by atoms with Gasteiger partial charge in [0.25, 0.3) is 5.91 Å². The number of rotatable bonds is 4. The van der Waals surface area contributed by atoms with Gasteiger partial charge < -0.3 is 19.7 Å². The summed E-state index contributed by atoms with van der Waals surface area (Å²) in [5.74, 6) is 1.71. The Balaban J connectivity index is 0.00000196. The van der Waals surface area contributed by atoms with Gasteiger partial charge in [-0.1, -0.05) is 0 Å². The number of thiophene rings is 1. The maximum Gasteiger partial charge on any atom is 0.264 e. The van der Waals surface area contributed by atoms with Crippen molar-refractivity contribution in [3.63, 3.8) is 0 Å². The van der Waals surface area contributed by atoms with E-state index >= 15 is 0 Å². The standard InChI is InChI=1S/C19H22N2O3S.ClH/c1-20-12-14-3-2-8-21(14)19(22)18-7-6-17(25-18)13-4-5-15-16(11-13)24-10-9-23-15;/h4-7,11,14,20H,2-3,8-10,12H2,1H3;1H. The molecule has 1 amide bonds. The van der Waals surface area contributed by atoms with E-state index < -0.39 is 0 Å². The van der Waals surface area contributed by atoms with Crippen molar-refractivity contribution in [1.29, 1.82) is 0 Å². The zero-order valence-electron chi connectivity index (χ0n) is 14.7. The number of fused-ring (bicyclic) bond motifs is 1. The molecule has 5 nitrogen and oxygen atoms in total. The minimum absolute atomic E-state index is 0. The minimum Gasteiger partial charge on any atom is -0.486 e. The predicted molar refractivity (Wildman–Crippen MR) is 106 cm³/mol. The van der Waals surface area contributed by atoms with E-state index in [1.54, 1.807) is 11.3 Å². The number of carbonyl (C=O) groups is 1. The van der Waals surface area contributed by atoms with Gasteiger partial charge in [-0.05, 0) is 55.8 Å². The molecule has 1 N–H and O–H groups in total. The summed E-state index contributed by atoms with van der Waals surface area (Å²) in [7, 11) is 1.94. The van der Waals surface area contributed by atoms with E-state index in [9.17, 15) is 4.79 Å². The third kappa shape index (κ3) is 3.68. The quantitative estimate of drug-likeness (QED) is 0.863. The molecule has 0 bridgehead atoms. The molecule has 0 aliphatic carbocycles. The number of hydrogen-bond donors (Lipinski definition) is 1. The summed E-state index contributed by atoms with van der Waals surface area (Å²) in [5.41, 5.74) is 1.06. The molecule has 1 aromatic carbocycles. The van der Waals surface area contributed by atoms with Gasteiger partial charge in [0.1, 0.15) is 13.2 Å². The first-order valence-electron chi connectivity index (χ1n) is 8.71. The number of carbonyl (C=O) groups excluding carboxylic acids is 1. The van der Waals surface area contributed by atoms with Crippen LogP contribution in [0.2, 0.25) is 0 Å². The lowest BCUT2D eigenvalue weighted by atomic mass is 10.1. The summed E-state index contributed by atoms with van der Waals surface area (Å²) in [5, 5.41) is 3.19. The van der Waals surface area contributed by atoms with Gasteiger partial charge in [0.15, 0.2) is 11.5 Å². The lowest BCUT2D eigenvalue weighted by Crippen LogP contribution is -2.40. The molecule has 1 atom stereocenters. The van der Waals surface area contributed by atoms with Gasteiger partial charge in [-0.25, -0.2) is 0 Å². The van der Waals surface area contributed by atoms with Crippen molar-refractivity contribution in [2.24, 2.45) is 0 Å². The Morgan fingerprint density at radius 1 is 1.23 bits per heavy atom. The van der Waals surface area contributed by atoms with E-state index in [1.165, 1.54) is 0 Å². The fraction of sp³-hybridized carbons (Fsp3) is 0.421. The van der Waals surface area contributed by atoms with Gasteiger partial charge in [0.2, 0.25) is 0 Å². The van der Waals surface area contributed by atoms with Crippen LogP contribution in [0.5, 0.6) is 11.5 Å². The Morgan fingerprint density at radius 3 is 2.85 bits per heavy atom. The number of ether oxygens (including phenoxy) is 2. The summed E-state index contributed by atoms with van der Waals surface area (Å²) in [4.78, 5) is 16.8. The molecule has 1 fully saturated rings. The third-order valence-corrected chi connectivity index (χ3v) is 5.84. The molecule has 0 saturated carbocycles. The highest BCUT2D eigenvalue weighted by atomic mass is 35.5. The number of likely N-dealkylation sites (tertiary alicyclic amines) is 1. The van der Waals surface area contributed by atoms with Crippen molar-refractivity contribution in [3.8, 4) is 21.9 Å². The molecule has 2 aromatic rings. The predicted octanol–water partition coefficient (Wildman–Crippen LogP) is 3.43. The van der Waals surface area contributed by atoms with Crippen molar-refractivity contribution in [3.05, 3.63) is 35.2 Å². The number of hydrogen-bond acceptors (Lipinski definition) is 5. The smallest absolute Gasteiger partial charge is 0.264 e. The molecular weight excluding hydrogens is 372 g/mol. The van der Waals surface area contributed by atoms with Crippen LogP contribution >= 0.6 is 23.7 Å². The molecule has 7 heteroatoms. The van der Waals surface area contributed by atoms with Crippen molar-refractivity contribution in [1.82, 2.24) is 10.2 Å². The second-order valence-corrected chi connectivity index (χ2v) is 7.46. The number of halogens is 1. The number of likely N-dealkylation sites (N-methyl/N-ethyl adjacent to an activating group) is 1. The molecule has 4 rings (SSSR count). The van der Waals surface area contributed by atoms with Crippen LogP contribution in [-0.4, -0.2) is 50.2 Å². The third-order valence-electron chi connectivity index (χ3n) is 4.72. The topological polar surface area (TPSA) is 50.8 Å². The van der Waals surface area contributed by atoms with Crippen molar-refractivity contribution < 1.29 is 14.3 Å². The van der Waals surface area contributed by atoms with Gasteiger partial charge in [0, 0.05) is 24.0 Å². The van der Waals surface area contributed by atoms with Crippen LogP contribution in [0.25, 0.3) is 10.4 Å². The van der Waals surface area contributed by atoms with E-state index in [0.717, 1.165) is 52.7 Å². The summed E-state index contributed by atoms with van der Waals surface area (Å²) in [6, 6.07) is 10.2. The maximum absolute atomic E-state index is 12.9. The highest BCUT2D eigenvalue weighted by molar-refractivity contribution is 7.17. The fourth-order valence-corrected chi connectivity index (χ4v) is 4.46. The number of amides is 1. The van der Waals surface area contributed by atoms with Gasteiger partial charge in [0.05, 0.1) is 4.88 Å². The van der Waals surface area contributed by atoms with E-state index in [1.807, 2.05) is 42.3 Å². The normalized spacial score (nSPS) is 18.5. The summed E-state index contributed by atoms with van der Waals surface area (Å²) >= 11 is 1.54. The highest BCUT2D eigenvalue weighted by Crippen LogP contribution is 2.37. The van der Waals surface area contributed by atoms with Crippen molar-refractivity contribution in [2.75, 3.05) is 33.4 Å². The molecule has 2 aliphatic heterocycles. The first kappa shape index (κ1) is 19.0. The molecule has 1 saturated heterocycles. The zero-order valence-corrected chi connectivity index (χ0v) is 16.3. The summed E-state index contributed by atoms with van der Waals surface area (Å²) in [6.07, 6.45) is 2.16. The van der Waals surface area contributed by atoms with Gasteiger partial charge in [-0.2, -0.15) is 0 Å². The van der Waals surface area contributed by atoms with Gasteiger partial charge >= 0.3 is 0 Å². The van der Waals surface area contributed by atoms with E-state index in [0.29, 0.717) is 19.3 Å². The Morgan fingerprint density at radius 2 is 2.04 bits per heavy atom. The van der Waals surface area contributed by atoms with Crippen LogP contribution in [0.1, 0.15) is 22.5 Å². The Hall–Kier alpha value is -1.76. The summed E-state index contributed by atoms with van der Waals surface area (Å²) in [6.45, 7) is 2.87. The second-order valence-electron chi connectivity index (χ2n) is 6.37. The molecule has 26 heavy (non-hydrogen) atoms. The zero-order chi connectivity index (χ0) is 17.2. The molecule has 0 spiro atoms. The molecule has 1 aromatic heterocycles. The fourth-order valence-electron chi connectivity index (χ4n) is 3.50. The largest absolute Gasteiger partial charge is 0.486 e. The van der Waals surface area contributed by atoms with E-state index in [-0.39, 0.29) is 18.3 Å². The molecular formula is C19H23ClN2O3S. The van der Waals surface area contributed by atoms with Crippen LogP contribution in [-0.2, 0) is 0 Å². The SMILES string of the molecule is CNCC1CCCN1C(=O)c1ccc(-c2ccc3c(c2)OCCO3)s1.Cl. The first-order valence-corrected chi connectivity index (χ1v) is 9.53. The van der Waals surface area contributed by atoms with Crippen molar-refractivity contribution >= 4 is 29.7 Å². The summed E-state index contributed by atoms with van der Waals surface area (Å²) < 4.78 is 11.2. The lowest BCUT2D eigenvalue weighted by Gasteiger charge is -2.23. The molecule has 0 radical (unpaired) electrons. The van der Waals surface area contributed by atoms with Crippen molar-refractivity contribution in [2.45, 2.75) is 18.9 Å². The average Bonchev–Trinajstić information content (AvgIpc) is 3.31. The number of benzene rings is 1. The minimum atomic E-state index is 0. The van der Waals surface area contributed by atoms with E-state index in [4.69, 9.17) is 9.47 Å². The molecule has 3 heterocycles. The van der Waals surface area contributed by atoms with Crippen LogP contribution in [0.4, 0.5) is 0 Å². The molecule has 2 aliphatic rings. The van der Waals surface area contributed by atoms with Crippen LogP contribution in [0, 0.1) is 0 Å². The number of nitrogens with zero attached hydrogens (tertiary/aromatic N) is 1. The number of nitrogens with one attached hydrogen (secondary N) is 1.